The second-order valence-electron chi connectivity index (χ2n) is 5.84. The summed E-state index contributed by atoms with van der Waals surface area (Å²) >= 11 is 6.02. The molecule has 1 saturated heterocycles. The summed E-state index contributed by atoms with van der Waals surface area (Å²) in [5.41, 5.74) is 1.23. The molecule has 1 aliphatic heterocycles. The molecular formula is C16H22ClNO2. The van der Waals surface area contributed by atoms with Gasteiger partial charge < -0.3 is 5.11 Å². The van der Waals surface area contributed by atoms with Crippen LogP contribution in [0.25, 0.3) is 0 Å². The van der Waals surface area contributed by atoms with Gasteiger partial charge in [0.1, 0.15) is 0 Å². The molecule has 2 unspecified atom stereocenters. The zero-order valence-electron chi connectivity index (χ0n) is 11.9. The first-order valence-corrected chi connectivity index (χ1v) is 7.61. The maximum atomic E-state index is 10.8. The SMILES string of the molecule is CC(CC(=O)O)C1CCCN(Cc2cccc(Cl)c2)C1. The number of aliphatic carboxylic acids is 1. The largest absolute Gasteiger partial charge is 0.481 e. The van der Waals surface area contributed by atoms with Gasteiger partial charge in [-0.25, -0.2) is 0 Å². The third kappa shape index (κ3) is 4.50. The van der Waals surface area contributed by atoms with E-state index < -0.39 is 5.97 Å². The van der Waals surface area contributed by atoms with Crippen LogP contribution in [0.2, 0.25) is 5.02 Å². The summed E-state index contributed by atoms with van der Waals surface area (Å²) in [6.45, 7) is 5.03. The van der Waals surface area contributed by atoms with E-state index >= 15 is 0 Å². The van der Waals surface area contributed by atoms with Crippen molar-refractivity contribution >= 4 is 17.6 Å². The van der Waals surface area contributed by atoms with E-state index in [9.17, 15) is 4.79 Å². The Bertz CT molecular complexity index is 464. The van der Waals surface area contributed by atoms with Gasteiger partial charge in [-0.3, -0.25) is 9.69 Å². The Morgan fingerprint density at radius 1 is 1.55 bits per heavy atom. The molecule has 0 spiro atoms. The molecule has 1 aromatic rings. The maximum Gasteiger partial charge on any atom is 0.303 e. The van der Waals surface area contributed by atoms with E-state index in [0.29, 0.717) is 5.92 Å². The van der Waals surface area contributed by atoms with Gasteiger partial charge in [0, 0.05) is 24.5 Å². The Balaban J connectivity index is 1.91. The lowest BCUT2D eigenvalue weighted by molar-refractivity contribution is -0.138. The van der Waals surface area contributed by atoms with Crippen molar-refractivity contribution in [2.24, 2.45) is 11.8 Å². The normalized spacial score (nSPS) is 21.6. The van der Waals surface area contributed by atoms with Gasteiger partial charge in [-0.1, -0.05) is 30.7 Å². The number of benzene rings is 1. The van der Waals surface area contributed by atoms with Crippen LogP contribution in [0.1, 0.15) is 31.7 Å². The van der Waals surface area contributed by atoms with Crippen LogP contribution in [0.5, 0.6) is 0 Å². The minimum atomic E-state index is -0.690. The molecule has 0 aromatic heterocycles. The topological polar surface area (TPSA) is 40.5 Å². The van der Waals surface area contributed by atoms with Crippen molar-refractivity contribution in [3.8, 4) is 0 Å². The number of rotatable bonds is 5. The fraction of sp³-hybridized carbons (Fsp3) is 0.562. The van der Waals surface area contributed by atoms with E-state index in [1.807, 2.05) is 18.2 Å². The molecule has 1 N–H and O–H groups in total. The van der Waals surface area contributed by atoms with E-state index in [0.717, 1.165) is 37.5 Å². The van der Waals surface area contributed by atoms with E-state index in [1.54, 1.807) is 0 Å². The first-order chi connectivity index (χ1) is 9.54. The van der Waals surface area contributed by atoms with E-state index in [4.69, 9.17) is 16.7 Å². The molecule has 0 aliphatic carbocycles. The summed E-state index contributed by atoms with van der Waals surface area (Å²) in [5, 5.41) is 9.69. The Labute approximate surface area is 125 Å². The molecule has 0 radical (unpaired) electrons. The minimum absolute atomic E-state index is 0.245. The lowest BCUT2D eigenvalue weighted by Crippen LogP contribution is -2.37. The number of halogens is 1. The maximum absolute atomic E-state index is 10.8. The number of carbonyl (C=O) groups is 1. The molecule has 3 nitrogen and oxygen atoms in total. The van der Waals surface area contributed by atoms with Crippen LogP contribution < -0.4 is 0 Å². The molecule has 1 fully saturated rings. The number of nitrogens with zero attached hydrogens (tertiary/aromatic N) is 1. The summed E-state index contributed by atoms with van der Waals surface area (Å²) in [6, 6.07) is 7.97. The standard InChI is InChI=1S/C16H22ClNO2/c1-12(8-16(19)20)14-5-3-7-18(11-14)10-13-4-2-6-15(17)9-13/h2,4,6,9,12,14H,3,5,7-8,10-11H2,1H3,(H,19,20). The van der Waals surface area contributed by atoms with Crippen molar-refractivity contribution in [2.45, 2.75) is 32.7 Å². The minimum Gasteiger partial charge on any atom is -0.481 e. The molecular weight excluding hydrogens is 274 g/mol. The highest BCUT2D eigenvalue weighted by Crippen LogP contribution is 2.27. The number of hydrogen-bond donors (Lipinski definition) is 1. The second-order valence-corrected chi connectivity index (χ2v) is 6.28. The Hall–Kier alpha value is -1.06. The van der Waals surface area contributed by atoms with Crippen molar-refractivity contribution in [1.29, 1.82) is 0 Å². The molecule has 2 atom stereocenters. The number of carboxylic acid groups (broad SMARTS) is 1. The van der Waals surface area contributed by atoms with Crippen molar-refractivity contribution in [1.82, 2.24) is 4.90 Å². The van der Waals surface area contributed by atoms with Gasteiger partial charge in [0.15, 0.2) is 0 Å². The van der Waals surface area contributed by atoms with Gasteiger partial charge in [-0.15, -0.1) is 0 Å². The molecule has 0 saturated carbocycles. The highest BCUT2D eigenvalue weighted by molar-refractivity contribution is 6.30. The fourth-order valence-corrected chi connectivity index (χ4v) is 3.25. The monoisotopic (exact) mass is 295 g/mol. The zero-order chi connectivity index (χ0) is 14.5. The molecule has 20 heavy (non-hydrogen) atoms. The average molecular weight is 296 g/mol. The van der Waals surface area contributed by atoms with Crippen molar-refractivity contribution in [3.63, 3.8) is 0 Å². The van der Waals surface area contributed by atoms with E-state index in [1.165, 1.54) is 5.56 Å². The molecule has 0 bridgehead atoms. The highest BCUT2D eigenvalue weighted by Gasteiger charge is 2.25. The number of likely N-dealkylation sites (tertiary alicyclic amines) is 1. The Kier molecular flexibility index (Phi) is 5.44. The van der Waals surface area contributed by atoms with Crippen LogP contribution in [-0.2, 0) is 11.3 Å². The number of hydrogen-bond acceptors (Lipinski definition) is 2. The quantitative estimate of drug-likeness (QED) is 0.901. The first kappa shape index (κ1) is 15.3. The van der Waals surface area contributed by atoms with Crippen LogP contribution >= 0.6 is 11.6 Å². The second kappa shape index (κ2) is 7.09. The first-order valence-electron chi connectivity index (χ1n) is 7.23. The van der Waals surface area contributed by atoms with Crippen LogP contribution in [0.3, 0.4) is 0 Å². The van der Waals surface area contributed by atoms with Crippen molar-refractivity contribution < 1.29 is 9.90 Å². The highest BCUT2D eigenvalue weighted by atomic mass is 35.5. The van der Waals surface area contributed by atoms with Crippen LogP contribution in [0.4, 0.5) is 0 Å². The van der Waals surface area contributed by atoms with Crippen molar-refractivity contribution in [3.05, 3.63) is 34.9 Å². The number of carboxylic acids is 1. The smallest absolute Gasteiger partial charge is 0.303 e. The lowest BCUT2D eigenvalue weighted by atomic mass is 9.84. The third-order valence-electron chi connectivity index (χ3n) is 4.14. The summed E-state index contributed by atoms with van der Waals surface area (Å²) in [7, 11) is 0. The van der Waals surface area contributed by atoms with E-state index in [2.05, 4.69) is 17.9 Å². The third-order valence-corrected chi connectivity index (χ3v) is 4.37. The van der Waals surface area contributed by atoms with Gasteiger partial charge >= 0.3 is 5.97 Å². The van der Waals surface area contributed by atoms with Crippen LogP contribution in [0, 0.1) is 11.8 Å². The van der Waals surface area contributed by atoms with Crippen molar-refractivity contribution in [2.75, 3.05) is 13.1 Å². The summed E-state index contributed by atoms with van der Waals surface area (Å²) in [5.74, 6) is 0.0400. The van der Waals surface area contributed by atoms with E-state index in [-0.39, 0.29) is 12.3 Å². The summed E-state index contributed by atoms with van der Waals surface area (Å²) in [6.07, 6.45) is 2.56. The molecule has 1 heterocycles. The zero-order valence-corrected chi connectivity index (χ0v) is 12.6. The predicted octanol–water partition coefficient (Wildman–Crippen LogP) is 3.66. The van der Waals surface area contributed by atoms with Gasteiger partial charge in [0.05, 0.1) is 0 Å². The van der Waals surface area contributed by atoms with Gasteiger partial charge in [-0.05, 0) is 48.9 Å². The molecule has 2 rings (SSSR count). The molecule has 1 aromatic carbocycles. The molecule has 4 heteroatoms. The van der Waals surface area contributed by atoms with Crippen LogP contribution in [-0.4, -0.2) is 29.1 Å². The molecule has 110 valence electrons. The van der Waals surface area contributed by atoms with Gasteiger partial charge in [0.2, 0.25) is 0 Å². The van der Waals surface area contributed by atoms with Gasteiger partial charge in [0.25, 0.3) is 0 Å². The lowest BCUT2D eigenvalue weighted by Gasteiger charge is -2.35. The average Bonchev–Trinajstić information content (AvgIpc) is 2.38. The van der Waals surface area contributed by atoms with Gasteiger partial charge in [-0.2, -0.15) is 0 Å². The Morgan fingerprint density at radius 3 is 3.05 bits per heavy atom. The molecule has 0 amide bonds. The fourth-order valence-electron chi connectivity index (χ4n) is 3.03. The summed E-state index contributed by atoms with van der Waals surface area (Å²) in [4.78, 5) is 13.2. The molecule has 1 aliphatic rings. The summed E-state index contributed by atoms with van der Waals surface area (Å²) < 4.78 is 0. The Morgan fingerprint density at radius 2 is 2.35 bits per heavy atom. The number of piperidine rings is 1. The predicted molar refractivity (Wildman–Crippen MR) is 80.9 cm³/mol. The van der Waals surface area contributed by atoms with Crippen LogP contribution in [0.15, 0.2) is 24.3 Å².